The molecule has 3 heterocycles. The Bertz CT molecular complexity index is 871. The fraction of sp³-hybridized carbons (Fsp3) is 0.533. The number of aryl methyl sites for hydroxylation is 1. The maximum absolute atomic E-state index is 12.2. The van der Waals surface area contributed by atoms with Gasteiger partial charge in [-0.3, -0.25) is 9.59 Å². The fourth-order valence-electron chi connectivity index (χ4n) is 3.36. The fourth-order valence-corrected chi connectivity index (χ4v) is 5.06. The maximum atomic E-state index is 12.2. The van der Waals surface area contributed by atoms with Crippen LogP contribution < -0.4 is 4.80 Å². The van der Waals surface area contributed by atoms with Gasteiger partial charge in [0, 0.05) is 17.9 Å². The topological polar surface area (TPSA) is 125 Å². The van der Waals surface area contributed by atoms with E-state index in [2.05, 4.69) is 10.1 Å². The summed E-state index contributed by atoms with van der Waals surface area (Å²) in [7, 11) is 1.67. The number of aliphatic hydroxyl groups excluding tert-OH is 1. The largest absolute Gasteiger partial charge is 0.477 e. The number of carboxylic acid groups (broad SMARTS) is 1. The van der Waals surface area contributed by atoms with E-state index >= 15 is 0 Å². The van der Waals surface area contributed by atoms with E-state index in [9.17, 15) is 24.6 Å². The molecule has 2 amide bonds. The SMILES string of the molecule is C[C@@H](O)[C@H]1C(=O)N2C(C(=O)O)=C(SCC(=O)N=c3scnn3C)[C@H](C)[C@H]12. The highest BCUT2D eigenvalue weighted by Crippen LogP contribution is 2.50. The standard InChI is InChI=1S/C15H18N4O5S2/c1-6-10-9(7(2)20)13(22)19(10)11(14(23)24)12(6)25-4-8(21)17-15-18(3)16-5-26-15/h5-7,9-10,20H,4H2,1-3H3,(H,23,24)/t6-,7-,9-,10-/m1/s1. The summed E-state index contributed by atoms with van der Waals surface area (Å²) in [5.74, 6) is -2.94. The molecule has 9 nitrogen and oxygen atoms in total. The maximum Gasteiger partial charge on any atom is 0.353 e. The van der Waals surface area contributed by atoms with Crippen LogP contribution in [-0.4, -0.2) is 60.6 Å². The number of aliphatic hydroxyl groups is 1. The van der Waals surface area contributed by atoms with Crippen LogP contribution in [0.15, 0.2) is 21.1 Å². The van der Waals surface area contributed by atoms with E-state index < -0.39 is 29.8 Å². The smallest absolute Gasteiger partial charge is 0.353 e. The average molecular weight is 398 g/mol. The molecule has 3 rings (SSSR count). The van der Waals surface area contributed by atoms with Gasteiger partial charge < -0.3 is 15.1 Å². The number of fused-ring (bicyclic) bond motifs is 1. The van der Waals surface area contributed by atoms with Crippen molar-refractivity contribution >= 4 is 40.9 Å². The molecule has 1 aromatic rings. The van der Waals surface area contributed by atoms with Gasteiger partial charge in [0.1, 0.15) is 11.2 Å². The van der Waals surface area contributed by atoms with Crippen molar-refractivity contribution in [2.75, 3.05) is 5.75 Å². The number of rotatable bonds is 5. The molecule has 0 aliphatic carbocycles. The van der Waals surface area contributed by atoms with Crippen molar-refractivity contribution in [3.63, 3.8) is 0 Å². The summed E-state index contributed by atoms with van der Waals surface area (Å²) in [4.78, 5) is 42.1. The Kier molecular flexibility index (Phi) is 5.04. The molecular weight excluding hydrogens is 380 g/mol. The Morgan fingerprint density at radius 2 is 2.19 bits per heavy atom. The van der Waals surface area contributed by atoms with Crippen molar-refractivity contribution in [1.29, 1.82) is 0 Å². The van der Waals surface area contributed by atoms with Gasteiger partial charge in [0.25, 0.3) is 5.91 Å². The number of carbonyl (C=O) groups is 3. The van der Waals surface area contributed by atoms with Gasteiger partial charge in [0.2, 0.25) is 10.7 Å². The number of carboxylic acids is 1. The number of β-lactam (4-membered cyclic amide) rings is 1. The van der Waals surface area contributed by atoms with E-state index in [1.54, 1.807) is 12.6 Å². The lowest BCUT2D eigenvalue weighted by atomic mass is 9.79. The normalized spacial score (nSPS) is 26.8. The Morgan fingerprint density at radius 3 is 2.73 bits per heavy atom. The van der Waals surface area contributed by atoms with Crippen LogP contribution in [0.25, 0.3) is 0 Å². The van der Waals surface area contributed by atoms with Crippen molar-refractivity contribution in [3.8, 4) is 0 Å². The van der Waals surface area contributed by atoms with Crippen molar-refractivity contribution in [2.24, 2.45) is 23.9 Å². The predicted molar refractivity (Wildman–Crippen MR) is 93.7 cm³/mol. The second-order valence-electron chi connectivity index (χ2n) is 6.21. The Morgan fingerprint density at radius 1 is 1.50 bits per heavy atom. The summed E-state index contributed by atoms with van der Waals surface area (Å²) < 4.78 is 1.48. The molecule has 4 atom stereocenters. The van der Waals surface area contributed by atoms with Crippen LogP contribution in [0.1, 0.15) is 13.8 Å². The molecule has 1 aromatic heterocycles. The quantitative estimate of drug-likeness (QED) is 0.658. The first kappa shape index (κ1) is 18.8. The molecule has 26 heavy (non-hydrogen) atoms. The highest BCUT2D eigenvalue weighted by Gasteiger charge is 2.59. The number of amides is 2. The first-order chi connectivity index (χ1) is 12.2. The first-order valence-electron chi connectivity index (χ1n) is 7.89. The van der Waals surface area contributed by atoms with Crippen LogP contribution >= 0.6 is 23.1 Å². The van der Waals surface area contributed by atoms with E-state index in [1.165, 1.54) is 27.8 Å². The molecule has 1 saturated heterocycles. The van der Waals surface area contributed by atoms with Gasteiger partial charge in [0.05, 0.1) is 23.8 Å². The number of aromatic nitrogens is 2. The summed E-state index contributed by atoms with van der Waals surface area (Å²) in [5, 5.41) is 23.3. The van der Waals surface area contributed by atoms with E-state index in [0.29, 0.717) is 9.71 Å². The molecule has 0 unspecified atom stereocenters. The molecule has 140 valence electrons. The highest BCUT2D eigenvalue weighted by molar-refractivity contribution is 8.03. The first-order valence-corrected chi connectivity index (χ1v) is 9.76. The molecule has 0 saturated carbocycles. The van der Waals surface area contributed by atoms with Gasteiger partial charge in [-0.1, -0.05) is 18.3 Å². The van der Waals surface area contributed by atoms with Crippen LogP contribution in [0, 0.1) is 11.8 Å². The van der Waals surface area contributed by atoms with Crippen molar-refractivity contribution < 1.29 is 24.6 Å². The third-order valence-corrected chi connectivity index (χ3v) is 6.57. The summed E-state index contributed by atoms with van der Waals surface area (Å²) in [6, 6.07) is -0.387. The lowest BCUT2D eigenvalue weighted by Crippen LogP contribution is -2.63. The monoisotopic (exact) mass is 398 g/mol. The zero-order chi connectivity index (χ0) is 19.2. The molecule has 2 aliphatic rings. The van der Waals surface area contributed by atoms with Crippen LogP contribution in [0.2, 0.25) is 0 Å². The van der Waals surface area contributed by atoms with Crippen LogP contribution in [0.4, 0.5) is 0 Å². The number of carbonyl (C=O) groups excluding carboxylic acids is 2. The van der Waals surface area contributed by atoms with Crippen molar-refractivity contribution in [3.05, 3.63) is 20.9 Å². The minimum atomic E-state index is -1.21. The average Bonchev–Trinajstić information content (AvgIpc) is 3.05. The van der Waals surface area contributed by atoms with Crippen LogP contribution in [0.3, 0.4) is 0 Å². The minimum absolute atomic E-state index is 0.0392. The minimum Gasteiger partial charge on any atom is -0.477 e. The van der Waals surface area contributed by atoms with Gasteiger partial charge >= 0.3 is 5.97 Å². The predicted octanol–water partition coefficient (Wildman–Crippen LogP) is -0.204. The summed E-state index contributed by atoms with van der Waals surface area (Å²) in [6.07, 6.45) is -0.853. The molecule has 2 N–H and O–H groups in total. The van der Waals surface area contributed by atoms with E-state index in [4.69, 9.17) is 0 Å². The lowest BCUT2D eigenvalue weighted by Gasteiger charge is -2.46. The summed E-state index contributed by atoms with van der Waals surface area (Å²) in [5.41, 5.74) is 1.47. The van der Waals surface area contributed by atoms with E-state index in [0.717, 1.165) is 11.8 Å². The molecule has 2 aliphatic heterocycles. The number of thioether (sulfide) groups is 1. The van der Waals surface area contributed by atoms with Gasteiger partial charge in [-0.25, -0.2) is 9.48 Å². The van der Waals surface area contributed by atoms with Crippen molar-refractivity contribution in [1.82, 2.24) is 14.7 Å². The second-order valence-corrected chi connectivity index (χ2v) is 8.04. The molecule has 0 aromatic carbocycles. The zero-order valence-corrected chi connectivity index (χ0v) is 16.0. The second kappa shape index (κ2) is 6.97. The van der Waals surface area contributed by atoms with E-state index in [1.807, 2.05) is 6.92 Å². The molecule has 1 fully saturated rings. The van der Waals surface area contributed by atoms with Gasteiger partial charge in [0.15, 0.2) is 0 Å². The number of hydrogen-bond acceptors (Lipinski definition) is 7. The highest BCUT2D eigenvalue weighted by atomic mass is 32.2. The number of hydrogen-bond donors (Lipinski definition) is 2. The third-order valence-electron chi connectivity index (χ3n) is 4.54. The molecule has 0 radical (unpaired) electrons. The van der Waals surface area contributed by atoms with Crippen molar-refractivity contribution in [2.45, 2.75) is 26.0 Å². The molecule has 0 spiro atoms. The van der Waals surface area contributed by atoms with E-state index in [-0.39, 0.29) is 23.4 Å². The van der Waals surface area contributed by atoms with Gasteiger partial charge in [-0.2, -0.15) is 10.1 Å². The Balaban J connectivity index is 1.80. The summed E-state index contributed by atoms with van der Waals surface area (Å²) in [6.45, 7) is 3.33. The molecule has 11 heteroatoms. The number of aliphatic carboxylic acids is 1. The number of nitrogens with zero attached hydrogens (tertiary/aromatic N) is 4. The molecular formula is C15H18N4O5S2. The zero-order valence-electron chi connectivity index (χ0n) is 14.3. The Labute approximate surface area is 157 Å². The van der Waals surface area contributed by atoms with Crippen LogP contribution in [-0.2, 0) is 21.4 Å². The van der Waals surface area contributed by atoms with Gasteiger partial charge in [-0.15, -0.1) is 11.8 Å². The molecule has 0 bridgehead atoms. The Hall–Kier alpha value is -1.98. The lowest BCUT2D eigenvalue weighted by molar-refractivity contribution is -0.163. The van der Waals surface area contributed by atoms with Gasteiger partial charge in [-0.05, 0) is 6.92 Å². The van der Waals surface area contributed by atoms with Crippen LogP contribution in [0.5, 0.6) is 0 Å². The third kappa shape index (κ3) is 2.99. The summed E-state index contributed by atoms with van der Waals surface area (Å²) >= 11 is 2.31.